The lowest BCUT2D eigenvalue weighted by atomic mass is 9.95. The lowest BCUT2D eigenvalue weighted by molar-refractivity contribution is 0.351. The third-order valence-electron chi connectivity index (χ3n) is 3.23. The maximum absolute atomic E-state index is 6.06. The van der Waals surface area contributed by atoms with Gasteiger partial charge in [0.1, 0.15) is 11.5 Å². The Morgan fingerprint density at radius 1 is 1.12 bits per heavy atom. The largest absolute Gasteiger partial charge is 0.493 e. The van der Waals surface area contributed by atoms with E-state index in [1.807, 2.05) is 6.92 Å². The molecule has 2 heterocycles. The minimum Gasteiger partial charge on any atom is -0.493 e. The fourth-order valence-corrected chi connectivity index (χ4v) is 3.30. The van der Waals surface area contributed by atoms with E-state index in [-0.39, 0.29) is 6.04 Å². The number of fused-ring (bicyclic) bond motifs is 2. The molecule has 2 aliphatic rings. The van der Waals surface area contributed by atoms with E-state index in [0.29, 0.717) is 0 Å². The zero-order valence-corrected chi connectivity index (χ0v) is 10.8. The number of ether oxygens (including phenoxy) is 2. The number of halogens is 1. The first-order chi connectivity index (χ1) is 7.70. The molecule has 1 aromatic carbocycles. The monoisotopic (exact) mass is 283 g/mol. The van der Waals surface area contributed by atoms with Gasteiger partial charge in [-0.2, -0.15) is 0 Å². The van der Waals surface area contributed by atoms with Crippen LogP contribution in [0.5, 0.6) is 11.5 Å². The Hall–Kier alpha value is -0.740. The molecule has 0 saturated carbocycles. The van der Waals surface area contributed by atoms with Crippen LogP contribution in [0.15, 0.2) is 4.47 Å². The maximum Gasteiger partial charge on any atom is 0.137 e. The van der Waals surface area contributed by atoms with E-state index in [1.54, 1.807) is 0 Å². The summed E-state index contributed by atoms with van der Waals surface area (Å²) in [6, 6.07) is -0.00426. The minimum absolute atomic E-state index is 0.00426. The van der Waals surface area contributed by atoms with Gasteiger partial charge < -0.3 is 15.2 Å². The summed E-state index contributed by atoms with van der Waals surface area (Å²) < 4.78 is 12.5. The van der Waals surface area contributed by atoms with Crippen LogP contribution in [0.25, 0.3) is 0 Å². The third-order valence-corrected chi connectivity index (χ3v) is 4.07. The Labute approximate surface area is 103 Å². The molecule has 2 N–H and O–H groups in total. The Bertz CT molecular complexity index is 422. The number of nitrogens with two attached hydrogens (primary N) is 1. The first kappa shape index (κ1) is 10.4. The third kappa shape index (κ3) is 1.29. The van der Waals surface area contributed by atoms with Crippen LogP contribution in [0.3, 0.4) is 0 Å². The Morgan fingerprint density at radius 2 is 1.75 bits per heavy atom. The zero-order chi connectivity index (χ0) is 11.3. The van der Waals surface area contributed by atoms with Crippen molar-refractivity contribution in [3.63, 3.8) is 0 Å². The van der Waals surface area contributed by atoms with Crippen LogP contribution in [-0.2, 0) is 12.8 Å². The topological polar surface area (TPSA) is 44.5 Å². The summed E-state index contributed by atoms with van der Waals surface area (Å²) >= 11 is 3.62. The molecule has 0 aromatic heterocycles. The number of benzene rings is 1. The lowest BCUT2D eigenvalue weighted by Crippen LogP contribution is -2.10. The van der Waals surface area contributed by atoms with Gasteiger partial charge in [-0.25, -0.2) is 0 Å². The zero-order valence-electron chi connectivity index (χ0n) is 9.18. The molecule has 1 unspecified atom stereocenters. The highest BCUT2D eigenvalue weighted by Crippen LogP contribution is 2.48. The second-order valence-electron chi connectivity index (χ2n) is 4.33. The van der Waals surface area contributed by atoms with Crippen molar-refractivity contribution < 1.29 is 9.47 Å². The summed E-state index contributed by atoms with van der Waals surface area (Å²) in [5.74, 6) is 1.97. The van der Waals surface area contributed by atoms with E-state index >= 15 is 0 Å². The van der Waals surface area contributed by atoms with E-state index in [1.165, 1.54) is 11.1 Å². The molecule has 1 aromatic rings. The van der Waals surface area contributed by atoms with Crippen molar-refractivity contribution in [3.05, 3.63) is 21.2 Å². The van der Waals surface area contributed by atoms with Crippen molar-refractivity contribution in [2.45, 2.75) is 25.8 Å². The fourth-order valence-electron chi connectivity index (χ4n) is 2.57. The molecule has 0 saturated heterocycles. The highest BCUT2D eigenvalue weighted by atomic mass is 79.9. The quantitative estimate of drug-likeness (QED) is 0.861. The van der Waals surface area contributed by atoms with Gasteiger partial charge in [0.2, 0.25) is 0 Å². The van der Waals surface area contributed by atoms with E-state index in [9.17, 15) is 0 Å². The number of hydrogen-bond acceptors (Lipinski definition) is 3. The SMILES string of the molecule is CC(N)c1c2c(c(Br)c3c1OCC3)OCC2. The molecule has 3 nitrogen and oxygen atoms in total. The molecular formula is C12H14BrNO2. The summed E-state index contributed by atoms with van der Waals surface area (Å²) in [7, 11) is 0. The maximum atomic E-state index is 6.06. The van der Waals surface area contributed by atoms with Gasteiger partial charge in [0.05, 0.1) is 17.7 Å². The van der Waals surface area contributed by atoms with Crippen molar-refractivity contribution in [2.75, 3.05) is 13.2 Å². The number of hydrogen-bond donors (Lipinski definition) is 1. The predicted molar refractivity (Wildman–Crippen MR) is 65.1 cm³/mol. The van der Waals surface area contributed by atoms with Crippen molar-refractivity contribution in [1.29, 1.82) is 0 Å². The van der Waals surface area contributed by atoms with E-state index < -0.39 is 0 Å². The average molecular weight is 284 g/mol. The summed E-state index contributed by atoms with van der Waals surface area (Å²) in [6.07, 6.45) is 1.87. The van der Waals surface area contributed by atoms with Gasteiger partial charge in [-0.05, 0) is 22.9 Å². The molecular weight excluding hydrogens is 270 g/mol. The van der Waals surface area contributed by atoms with Crippen LogP contribution in [0, 0.1) is 0 Å². The van der Waals surface area contributed by atoms with Crippen molar-refractivity contribution in [2.24, 2.45) is 5.73 Å². The van der Waals surface area contributed by atoms with Gasteiger partial charge >= 0.3 is 0 Å². The van der Waals surface area contributed by atoms with Crippen LogP contribution < -0.4 is 15.2 Å². The Morgan fingerprint density at radius 3 is 2.44 bits per heavy atom. The standard InChI is InChI=1S/C12H14BrNO2/c1-6(14)9-7-2-4-16-12(7)10(13)8-3-5-15-11(8)9/h6H,2-5,14H2,1H3. The first-order valence-electron chi connectivity index (χ1n) is 5.58. The summed E-state index contributed by atoms with van der Waals surface area (Å²) in [5.41, 5.74) is 9.64. The fraction of sp³-hybridized carbons (Fsp3) is 0.500. The summed E-state index contributed by atoms with van der Waals surface area (Å²) in [5, 5.41) is 0. The smallest absolute Gasteiger partial charge is 0.137 e. The van der Waals surface area contributed by atoms with Gasteiger partial charge in [-0.1, -0.05) is 0 Å². The molecule has 0 bridgehead atoms. The number of rotatable bonds is 1. The average Bonchev–Trinajstić information content (AvgIpc) is 2.84. The molecule has 0 spiro atoms. The summed E-state index contributed by atoms with van der Waals surface area (Å²) in [6.45, 7) is 3.50. The van der Waals surface area contributed by atoms with Crippen LogP contribution in [0.2, 0.25) is 0 Å². The van der Waals surface area contributed by atoms with Crippen molar-refractivity contribution in [3.8, 4) is 11.5 Å². The molecule has 86 valence electrons. The van der Waals surface area contributed by atoms with Crippen molar-refractivity contribution in [1.82, 2.24) is 0 Å². The molecule has 4 heteroatoms. The Balaban J connectivity index is 2.31. The van der Waals surface area contributed by atoms with Gasteiger partial charge in [-0.15, -0.1) is 0 Å². The minimum atomic E-state index is -0.00426. The second-order valence-corrected chi connectivity index (χ2v) is 5.12. The molecule has 16 heavy (non-hydrogen) atoms. The van der Waals surface area contributed by atoms with Crippen LogP contribution in [0.4, 0.5) is 0 Å². The van der Waals surface area contributed by atoms with Crippen LogP contribution in [-0.4, -0.2) is 13.2 Å². The molecule has 1 atom stereocenters. The highest BCUT2D eigenvalue weighted by Gasteiger charge is 2.31. The summed E-state index contributed by atoms with van der Waals surface area (Å²) in [4.78, 5) is 0. The van der Waals surface area contributed by atoms with Gasteiger partial charge in [0.15, 0.2) is 0 Å². The van der Waals surface area contributed by atoms with Crippen LogP contribution >= 0.6 is 15.9 Å². The van der Waals surface area contributed by atoms with E-state index in [2.05, 4.69) is 15.9 Å². The molecule has 2 aliphatic heterocycles. The predicted octanol–water partition coefficient (Wildman–Crippen LogP) is 2.34. The lowest BCUT2D eigenvalue weighted by Gasteiger charge is -2.17. The van der Waals surface area contributed by atoms with E-state index in [4.69, 9.17) is 15.2 Å². The highest BCUT2D eigenvalue weighted by molar-refractivity contribution is 9.10. The van der Waals surface area contributed by atoms with Crippen LogP contribution in [0.1, 0.15) is 29.7 Å². The molecule has 3 rings (SSSR count). The first-order valence-corrected chi connectivity index (χ1v) is 6.37. The van der Waals surface area contributed by atoms with Gasteiger partial charge in [0.25, 0.3) is 0 Å². The van der Waals surface area contributed by atoms with Crippen molar-refractivity contribution >= 4 is 15.9 Å². The Kier molecular flexibility index (Phi) is 2.37. The van der Waals surface area contributed by atoms with E-state index in [0.717, 1.165) is 47.6 Å². The van der Waals surface area contributed by atoms with Gasteiger partial charge in [0, 0.05) is 35.6 Å². The molecule has 0 radical (unpaired) electrons. The molecule has 0 amide bonds. The van der Waals surface area contributed by atoms with Gasteiger partial charge in [-0.3, -0.25) is 0 Å². The molecule has 0 aliphatic carbocycles. The second kappa shape index (κ2) is 3.64. The molecule has 0 fully saturated rings. The normalized spacial score (nSPS) is 18.7.